The zero-order valence-corrected chi connectivity index (χ0v) is 13.3. The van der Waals surface area contributed by atoms with Crippen molar-refractivity contribution in [1.82, 2.24) is 0 Å². The van der Waals surface area contributed by atoms with Crippen LogP contribution in [0.25, 0.3) is 12.2 Å². The van der Waals surface area contributed by atoms with E-state index in [-0.39, 0.29) is 0 Å². The van der Waals surface area contributed by atoms with Crippen molar-refractivity contribution < 1.29 is 5.11 Å². The van der Waals surface area contributed by atoms with Gasteiger partial charge in [0.15, 0.2) is 0 Å². The molecule has 0 fully saturated rings. The van der Waals surface area contributed by atoms with Gasteiger partial charge in [-0.05, 0) is 35.4 Å². The predicted octanol–water partition coefficient (Wildman–Crippen LogP) is 5.24. The minimum atomic E-state index is 0.360. The van der Waals surface area contributed by atoms with Crippen LogP contribution in [-0.4, -0.2) is 9.53 Å². The van der Waals surface area contributed by atoms with E-state index in [1.54, 1.807) is 6.07 Å². The van der Waals surface area contributed by atoms with Crippen molar-refractivity contribution in [3.63, 3.8) is 0 Å². The van der Waals surface area contributed by atoms with E-state index < -0.39 is 0 Å². The molecule has 0 bridgehead atoms. The lowest BCUT2D eigenvalue weighted by Gasteiger charge is -2.21. The summed E-state index contributed by atoms with van der Waals surface area (Å²) in [5, 5.41) is 10.2. The summed E-state index contributed by atoms with van der Waals surface area (Å²) in [6.07, 6.45) is 4.71. The first-order valence-corrected chi connectivity index (χ1v) is 7.74. The highest BCUT2D eigenvalue weighted by atomic mass is 127. The Bertz CT molecular complexity index is 435. The molecule has 0 saturated heterocycles. The minimum Gasteiger partial charge on any atom is -0.508 e. The molecule has 0 radical (unpaired) electrons. The summed E-state index contributed by atoms with van der Waals surface area (Å²) in [6.45, 7) is 12.1. The molecule has 0 aliphatic heterocycles. The molecule has 1 aromatic carbocycles. The van der Waals surface area contributed by atoms with Crippen LogP contribution in [-0.2, 0) is 0 Å². The van der Waals surface area contributed by atoms with Crippen LogP contribution in [0.15, 0.2) is 25.3 Å². The molecule has 0 saturated carbocycles. The van der Waals surface area contributed by atoms with Gasteiger partial charge in [-0.3, -0.25) is 0 Å². The van der Waals surface area contributed by atoms with E-state index >= 15 is 0 Å². The van der Waals surface area contributed by atoms with Crippen LogP contribution in [0.5, 0.6) is 5.75 Å². The van der Waals surface area contributed by atoms with Gasteiger partial charge in [-0.15, -0.1) is 0 Å². The van der Waals surface area contributed by atoms with Gasteiger partial charge in [0.05, 0.1) is 0 Å². The number of aromatic hydroxyl groups is 1. The van der Waals surface area contributed by atoms with Gasteiger partial charge in [0.1, 0.15) is 5.75 Å². The molecular formula is C16H21IO. The molecule has 1 N–H and O–H groups in total. The summed E-state index contributed by atoms with van der Waals surface area (Å²) in [7, 11) is 0. The van der Waals surface area contributed by atoms with Gasteiger partial charge in [-0.25, -0.2) is 0 Å². The van der Waals surface area contributed by atoms with Gasteiger partial charge in [0, 0.05) is 9.99 Å². The van der Waals surface area contributed by atoms with E-state index in [2.05, 4.69) is 49.6 Å². The number of hydrogen-bond donors (Lipinski definition) is 1. The maximum Gasteiger partial charge on any atom is 0.119 e. The molecule has 1 rings (SSSR count). The van der Waals surface area contributed by atoms with E-state index in [1.165, 1.54) is 0 Å². The molecule has 0 aliphatic rings. The van der Waals surface area contributed by atoms with Gasteiger partial charge in [-0.1, -0.05) is 67.8 Å². The maximum absolute atomic E-state index is 10.2. The first kappa shape index (κ1) is 15.3. The highest BCUT2D eigenvalue weighted by Crippen LogP contribution is 2.37. The molecular weight excluding hydrogens is 335 g/mol. The molecule has 0 amide bonds. The zero-order chi connectivity index (χ0) is 13.7. The fourth-order valence-electron chi connectivity index (χ4n) is 2.30. The van der Waals surface area contributed by atoms with Crippen LogP contribution in [0.2, 0.25) is 0 Å². The highest BCUT2D eigenvalue weighted by molar-refractivity contribution is 14.1. The van der Waals surface area contributed by atoms with Crippen LogP contribution in [0, 0.1) is 5.92 Å². The van der Waals surface area contributed by atoms with Crippen LogP contribution >= 0.6 is 22.6 Å². The van der Waals surface area contributed by atoms with Crippen molar-refractivity contribution >= 4 is 34.7 Å². The Morgan fingerprint density at radius 3 is 2.39 bits per heavy atom. The Hall–Kier alpha value is -0.770. The van der Waals surface area contributed by atoms with E-state index in [0.717, 1.165) is 27.5 Å². The normalized spacial score (nSPS) is 12.4. The van der Waals surface area contributed by atoms with Gasteiger partial charge >= 0.3 is 0 Å². The Balaban J connectivity index is 3.35. The summed E-state index contributed by atoms with van der Waals surface area (Å²) >= 11 is 2.39. The largest absolute Gasteiger partial charge is 0.508 e. The Kier molecular flexibility index (Phi) is 5.93. The summed E-state index contributed by atoms with van der Waals surface area (Å²) in [5.74, 6) is 1.34. The van der Waals surface area contributed by atoms with Crippen LogP contribution < -0.4 is 0 Å². The van der Waals surface area contributed by atoms with Gasteiger partial charge in [0.2, 0.25) is 0 Å². The summed E-state index contributed by atoms with van der Waals surface area (Å²) in [6, 6.07) is 3.65. The summed E-state index contributed by atoms with van der Waals surface area (Å²) in [5.41, 5.74) is 3.08. The van der Waals surface area contributed by atoms with Crippen molar-refractivity contribution in [1.29, 1.82) is 0 Å². The number of rotatable bonds is 6. The molecule has 0 aliphatic carbocycles. The van der Waals surface area contributed by atoms with Crippen LogP contribution in [0.3, 0.4) is 0 Å². The van der Waals surface area contributed by atoms with E-state index in [4.69, 9.17) is 0 Å². The van der Waals surface area contributed by atoms with Gasteiger partial charge in [0.25, 0.3) is 0 Å². The third-order valence-electron chi connectivity index (χ3n) is 3.07. The maximum atomic E-state index is 10.2. The second-order valence-electron chi connectivity index (χ2n) is 4.89. The molecule has 18 heavy (non-hydrogen) atoms. The Morgan fingerprint density at radius 2 is 1.94 bits per heavy atom. The van der Waals surface area contributed by atoms with Crippen molar-refractivity contribution in [3.8, 4) is 5.75 Å². The quantitative estimate of drug-likeness (QED) is 0.546. The molecule has 1 unspecified atom stereocenters. The van der Waals surface area contributed by atoms with E-state index in [0.29, 0.717) is 17.6 Å². The number of hydrogen-bond acceptors (Lipinski definition) is 1. The fourth-order valence-corrected chi connectivity index (χ4v) is 3.10. The van der Waals surface area contributed by atoms with Crippen LogP contribution in [0.1, 0.15) is 42.9 Å². The summed E-state index contributed by atoms with van der Waals surface area (Å²) in [4.78, 5) is 0. The summed E-state index contributed by atoms with van der Waals surface area (Å²) < 4.78 is 0.991. The lowest BCUT2D eigenvalue weighted by atomic mass is 9.86. The SMILES string of the molecule is C=Cc1ccc(O)c(C(CI)CC(C)C)c1C=C. The van der Waals surface area contributed by atoms with Crippen molar-refractivity contribution in [3.05, 3.63) is 42.0 Å². The number of benzene rings is 1. The zero-order valence-electron chi connectivity index (χ0n) is 11.1. The number of alkyl halides is 1. The number of phenols is 1. The molecule has 1 atom stereocenters. The average molecular weight is 356 g/mol. The smallest absolute Gasteiger partial charge is 0.119 e. The third kappa shape index (κ3) is 3.37. The highest BCUT2D eigenvalue weighted by Gasteiger charge is 2.20. The molecule has 0 spiro atoms. The number of halogens is 1. The standard InChI is InChI=1S/C16H21IO/c1-5-12-7-8-15(18)16(14(12)6-2)13(10-17)9-11(3)4/h5-8,11,13,18H,1-2,9-10H2,3-4H3. The lowest BCUT2D eigenvalue weighted by Crippen LogP contribution is -2.07. The van der Waals surface area contributed by atoms with Crippen molar-refractivity contribution in [2.45, 2.75) is 26.2 Å². The second kappa shape index (κ2) is 6.98. The monoisotopic (exact) mass is 356 g/mol. The first-order valence-electron chi connectivity index (χ1n) is 6.21. The van der Waals surface area contributed by atoms with Crippen molar-refractivity contribution in [2.75, 3.05) is 4.43 Å². The van der Waals surface area contributed by atoms with Crippen LogP contribution in [0.4, 0.5) is 0 Å². The predicted molar refractivity (Wildman–Crippen MR) is 89.4 cm³/mol. The molecule has 1 nitrogen and oxygen atoms in total. The lowest BCUT2D eigenvalue weighted by molar-refractivity contribution is 0.451. The van der Waals surface area contributed by atoms with Gasteiger partial charge < -0.3 is 5.11 Å². The first-order chi connectivity index (χ1) is 8.54. The average Bonchev–Trinajstić information content (AvgIpc) is 2.35. The topological polar surface area (TPSA) is 20.2 Å². The Morgan fingerprint density at radius 1 is 1.28 bits per heavy atom. The molecule has 1 aromatic rings. The van der Waals surface area contributed by atoms with Gasteiger partial charge in [-0.2, -0.15) is 0 Å². The molecule has 0 heterocycles. The van der Waals surface area contributed by atoms with Crippen molar-refractivity contribution in [2.24, 2.45) is 5.92 Å². The third-order valence-corrected chi connectivity index (χ3v) is 4.14. The van der Waals surface area contributed by atoms with E-state index in [9.17, 15) is 5.11 Å². The number of phenolic OH excluding ortho intramolecular Hbond substituents is 1. The second-order valence-corrected chi connectivity index (χ2v) is 5.77. The fraction of sp³-hybridized carbons (Fsp3) is 0.375. The molecule has 0 aromatic heterocycles. The Labute approximate surface area is 124 Å². The van der Waals surface area contributed by atoms with E-state index in [1.807, 2.05) is 18.2 Å². The molecule has 2 heteroatoms. The minimum absolute atomic E-state index is 0.360. The molecule has 98 valence electrons.